The molecule has 0 amide bonds. The molecular weight excluding hydrogens is 334 g/mol. The van der Waals surface area contributed by atoms with Gasteiger partial charge in [-0.1, -0.05) is 36.4 Å². The monoisotopic (exact) mass is 353 g/mol. The van der Waals surface area contributed by atoms with Crippen molar-refractivity contribution in [3.63, 3.8) is 0 Å². The van der Waals surface area contributed by atoms with Crippen molar-refractivity contribution in [2.24, 2.45) is 0 Å². The highest BCUT2D eigenvalue weighted by molar-refractivity contribution is 7.93. The third-order valence-electron chi connectivity index (χ3n) is 3.59. The van der Waals surface area contributed by atoms with Crippen LogP contribution < -0.4 is 0 Å². The minimum absolute atomic E-state index is 0.174. The van der Waals surface area contributed by atoms with Gasteiger partial charge in [0.25, 0.3) is 0 Å². The smallest absolute Gasteiger partial charge is 0.224 e. The molecule has 0 unspecified atom stereocenters. The molecule has 7 heteroatoms. The lowest BCUT2D eigenvalue weighted by atomic mass is 10.1. The number of aryl methyl sites for hydroxylation is 1. The molecule has 0 N–H and O–H groups in total. The lowest BCUT2D eigenvalue weighted by molar-refractivity contribution is 0.463. The van der Waals surface area contributed by atoms with Crippen LogP contribution in [0.2, 0.25) is 0 Å². The van der Waals surface area contributed by atoms with Gasteiger partial charge >= 0.3 is 0 Å². The van der Waals surface area contributed by atoms with Crippen LogP contribution in [-0.4, -0.2) is 34.4 Å². The number of hydrogen-bond donors (Lipinski definition) is 0. The number of sulfone groups is 1. The Balaban J connectivity index is 2.45. The van der Waals surface area contributed by atoms with Crippen molar-refractivity contribution < 1.29 is 16.8 Å². The maximum atomic E-state index is 12.8. The van der Waals surface area contributed by atoms with Gasteiger partial charge < -0.3 is 0 Å². The second kappa shape index (κ2) is 6.43. The van der Waals surface area contributed by atoms with Gasteiger partial charge in [0.05, 0.1) is 4.90 Å². The van der Waals surface area contributed by atoms with Crippen LogP contribution in [0.4, 0.5) is 0 Å². The summed E-state index contributed by atoms with van der Waals surface area (Å²) in [5.74, 6) is 0. The van der Waals surface area contributed by atoms with Gasteiger partial charge in [-0.3, -0.25) is 0 Å². The number of sulfonamides is 1. The molecule has 2 aromatic rings. The van der Waals surface area contributed by atoms with Gasteiger partial charge in [0.15, 0.2) is 9.84 Å². The molecule has 0 aliphatic heterocycles. The van der Waals surface area contributed by atoms with E-state index in [0.29, 0.717) is 0 Å². The maximum absolute atomic E-state index is 12.8. The SMILES string of the molecule is Cc1ccccc1CN(C)S(=O)(=O)c1ccccc1S(C)(=O)=O. The highest BCUT2D eigenvalue weighted by Gasteiger charge is 2.27. The molecule has 0 saturated carbocycles. The van der Waals surface area contributed by atoms with E-state index in [0.717, 1.165) is 17.4 Å². The zero-order valence-electron chi connectivity index (χ0n) is 13.2. The topological polar surface area (TPSA) is 71.5 Å². The van der Waals surface area contributed by atoms with Crippen molar-refractivity contribution in [1.82, 2.24) is 4.31 Å². The van der Waals surface area contributed by atoms with Gasteiger partial charge in [-0.2, -0.15) is 4.31 Å². The van der Waals surface area contributed by atoms with Gasteiger partial charge in [0.1, 0.15) is 4.90 Å². The molecule has 23 heavy (non-hydrogen) atoms. The fourth-order valence-electron chi connectivity index (χ4n) is 2.25. The van der Waals surface area contributed by atoms with Crippen LogP contribution >= 0.6 is 0 Å². The van der Waals surface area contributed by atoms with Crippen LogP contribution in [-0.2, 0) is 26.4 Å². The second-order valence-corrected chi connectivity index (χ2v) is 9.40. The van der Waals surface area contributed by atoms with Gasteiger partial charge in [0, 0.05) is 19.8 Å². The molecule has 0 aromatic heterocycles. The molecule has 5 nitrogen and oxygen atoms in total. The second-order valence-electron chi connectivity index (χ2n) is 5.41. The van der Waals surface area contributed by atoms with Gasteiger partial charge in [-0.15, -0.1) is 0 Å². The van der Waals surface area contributed by atoms with E-state index in [2.05, 4.69) is 0 Å². The third-order valence-corrected chi connectivity index (χ3v) is 6.74. The van der Waals surface area contributed by atoms with Crippen molar-refractivity contribution in [2.45, 2.75) is 23.3 Å². The fraction of sp³-hybridized carbons (Fsp3) is 0.250. The summed E-state index contributed by atoms with van der Waals surface area (Å²) >= 11 is 0. The van der Waals surface area contributed by atoms with Crippen molar-refractivity contribution >= 4 is 19.9 Å². The van der Waals surface area contributed by atoms with Crippen molar-refractivity contribution in [3.8, 4) is 0 Å². The van der Waals surface area contributed by atoms with Crippen LogP contribution in [0.1, 0.15) is 11.1 Å². The van der Waals surface area contributed by atoms with Gasteiger partial charge in [-0.05, 0) is 30.2 Å². The normalized spacial score (nSPS) is 12.5. The summed E-state index contributed by atoms with van der Waals surface area (Å²) < 4.78 is 50.4. The first-order valence-corrected chi connectivity index (χ1v) is 10.3. The number of nitrogens with zero attached hydrogens (tertiary/aromatic N) is 1. The van der Waals surface area contributed by atoms with Crippen molar-refractivity contribution in [2.75, 3.05) is 13.3 Å². The minimum Gasteiger partial charge on any atom is -0.224 e. The van der Waals surface area contributed by atoms with Crippen LogP contribution in [0.5, 0.6) is 0 Å². The average molecular weight is 353 g/mol. The Hall–Kier alpha value is -1.70. The Morgan fingerprint density at radius 2 is 1.39 bits per heavy atom. The highest BCUT2D eigenvalue weighted by atomic mass is 32.2. The number of benzene rings is 2. The molecule has 0 radical (unpaired) electrons. The lowest BCUT2D eigenvalue weighted by Crippen LogP contribution is -2.28. The Labute approximate surface area is 137 Å². The predicted octanol–water partition coefficient (Wildman–Crippen LogP) is 2.22. The molecule has 0 heterocycles. The molecule has 0 bridgehead atoms. The molecule has 2 rings (SSSR count). The first-order chi connectivity index (χ1) is 10.6. The van der Waals surface area contributed by atoms with E-state index >= 15 is 0 Å². The van der Waals surface area contributed by atoms with E-state index in [4.69, 9.17) is 0 Å². The van der Waals surface area contributed by atoms with E-state index in [1.807, 2.05) is 31.2 Å². The van der Waals surface area contributed by atoms with E-state index in [9.17, 15) is 16.8 Å². The first kappa shape index (κ1) is 17.7. The molecule has 0 aliphatic carbocycles. The molecule has 0 fully saturated rings. The zero-order chi connectivity index (χ0) is 17.3. The van der Waals surface area contributed by atoms with Crippen molar-refractivity contribution in [1.29, 1.82) is 0 Å². The standard InChI is InChI=1S/C16H19NO4S2/c1-13-8-4-5-9-14(13)12-17(2)23(20,21)16-11-7-6-10-15(16)22(3,18)19/h4-11H,12H2,1-3H3. The van der Waals surface area contributed by atoms with Crippen molar-refractivity contribution in [3.05, 3.63) is 59.7 Å². The third kappa shape index (κ3) is 3.80. The van der Waals surface area contributed by atoms with E-state index in [1.165, 1.54) is 35.6 Å². The number of rotatable bonds is 5. The van der Waals surface area contributed by atoms with E-state index in [-0.39, 0.29) is 16.3 Å². The van der Waals surface area contributed by atoms with Gasteiger partial charge in [-0.25, -0.2) is 16.8 Å². The Bertz CT molecular complexity index is 919. The zero-order valence-corrected chi connectivity index (χ0v) is 14.9. The molecule has 2 aromatic carbocycles. The molecule has 0 aliphatic rings. The molecule has 0 saturated heterocycles. The van der Waals surface area contributed by atoms with Crippen LogP contribution in [0, 0.1) is 6.92 Å². The number of hydrogen-bond acceptors (Lipinski definition) is 4. The largest absolute Gasteiger partial charge is 0.244 e. The quantitative estimate of drug-likeness (QED) is 0.826. The van der Waals surface area contributed by atoms with Crippen LogP contribution in [0.3, 0.4) is 0 Å². The minimum atomic E-state index is -3.91. The molecule has 0 atom stereocenters. The summed E-state index contributed by atoms with van der Waals surface area (Å²) in [6, 6.07) is 13.1. The molecular formula is C16H19NO4S2. The maximum Gasteiger partial charge on any atom is 0.244 e. The van der Waals surface area contributed by atoms with E-state index < -0.39 is 19.9 Å². The lowest BCUT2D eigenvalue weighted by Gasteiger charge is -2.19. The van der Waals surface area contributed by atoms with Crippen LogP contribution in [0.15, 0.2) is 58.3 Å². The van der Waals surface area contributed by atoms with Gasteiger partial charge in [0.2, 0.25) is 10.0 Å². The summed E-state index contributed by atoms with van der Waals surface area (Å²) in [6.07, 6.45) is 1.00. The summed E-state index contributed by atoms with van der Waals surface area (Å²) in [5, 5.41) is 0. The summed E-state index contributed by atoms with van der Waals surface area (Å²) in [7, 11) is -6.11. The fourth-order valence-corrected chi connectivity index (χ4v) is 5.00. The Kier molecular flexibility index (Phi) is 4.93. The molecule has 0 spiro atoms. The average Bonchev–Trinajstić information content (AvgIpc) is 2.48. The van der Waals surface area contributed by atoms with E-state index in [1.54, 1.807) is 0 Å². The summed E-state index contributed by atoms with van der Waals surface area (Å²) in [4.78, 5) is -0.379. The predicted molar refractivity (Wildman–Crippen MR) is 89.4 cm³/mol. The summed E-state index contributed by atoms with van der Waals surface area (Å²) in [6.45, 7) is 2.08. The Morgan fingerprint density at radius 3 is 1.96 bits per heavy atom. The first-order valence-electron chi connectivity index (χ1n) is 6.94. The summed E-state index contributed by atoms with van der Waals surface area (Å²) in [5.41, 5.74) is 1.85. The Morgan fingerprint density at radius 1 is 0.870 bits per heavy atom. The van der Waals surface area contributed by atoms with Crippen LogP contribution in [0.25, 0.3) is 0 Å². The molecule has 124 valence electrons. The highest BCUT2D eigenvalue weighted by Crippen LogP contribution is 2.24.